The van der Waals surface area contributed by atoms with Gasteiger partial charge in [-0.2, -0.15) is 0 Å². The Morgan fingerprint density at radius 2 is 1.00 bits per heavy atom. The van der Waals surface area contributed by atoms with E-state index in [4.69, 9.17) is 5.73 Å². The molecule has 2 aromatic heterocycles. The number of benzene rings is 2. The molecule has 0 saturated carbocycles. The van der Waals surface area contributed by atoms with Crippen LogP contribution in [0.5, 0.6) is 11.5 Å². The zero-order valence-electron chi connectivity index (χ0n) is 29.6. The SMILES string of the molecule is CC(C)(C)c1cc(C(=O)Nc2nccs2)cc(C(C)(C)C)c1O.CC(C)(C)c1cc(C(=O)O)cc(C(C)(C)C)c1O.Nc1nccs1. The third-order valence-corrected chi connectivity index (χ3v) is 8.36. The summed E-state index contributed by atoms with van der Waals surface area (Å²) < 4.78 is 0. The van der Waals surface area contributed by atoms with Crippen LogP contribution in [0.1, 0.15) is 126 Å². The number of hydrogen-bond donors (Lipinski definition) is 5. The Labute approximate surface area is 286 Å². The molecule has 6 N–H and O–H groups in total. The molecule has 0 fully saturated rings. The lowest BCUT2D eigenvalue weighted by atomic mass is 9.78. The van der Waals surface area contributed by atoms with Gasteiger partial charge in [-0.3, -0.25) is 10.1 Å². The molecule has 0 spiro atoms. The highest BCUT2D eigenvalue weighted by Crippen LogP contribution is 2.41. The van der Waals surface area contributed by atoms with Gasteiger partial charge in [0.15, 0.2) is 10.3 Å². The number of carboxylic acid groups (broad SMARTS) is 1. The molecule has 47 heavy (non-hydrogen) atoms. The second-order valence-corrected chi connectivity index (χ2v) is 17.1. The summed E-state index contributed by atoms with van der Waals surface area (Å²) in [7, 11) is 0. The number of carbonyl (C=O) groups is 2. The van der Waals surface area contributed by atoms with Gasteiger partial charge in [0.25, 0.3) is 5.91 Å². The Kier molecular flexibility index (Phi) is 12.4. The molecule has 0 aliphatic heterocycles. The summed E-state index contributed by atoms with van der Waals surface area (Å²) >= 11 is 2.82. The fourth-order valence-electron chi connectivity index (χ4n) is 4.50. The van der Waals surface area contributed by atoms with E-state index in [0.29, 0.717) is 27.0 Å². The number of nitrogens with one attached hydrogen (secondary N) is 1. The Balaban J connectivity index is 0.000000283. The monoisotopic (exact) mass is 682 g/mol. The molecule has 256 valence electrons. The normalized spacial score (nSPS) is 11.9. The minimum Gasteiger partial charge on any atom is -0.507 e. The summed E-state index contributed by atoms with van der Waals surface area (Å²) in [5.74, 6) is -0.697. The van der Waals surface area contributed by atoms with Crippen LogP contribution in [-0.4, -0.2) is 37.2 Å². The maximum Gasteiger partial charge on any atom is 0.335 e. The van der Waals surface area contributed by atoms with Gasteiger partial charge in [-0.1, -0.05) is 83.1 Å². The number of nitrogen functional groups attached to an aromatic ring is 1. The van der Waals surface area contributed by atoms with Gasteiger partial charge in [0.2, 0.25) is 0 Å². The van der Waals surface area contributed by atoms with Crippen LogP contribution in [0.15, 0.2) is 47.4 Å². The van der Waals surface area contributed by atoms with Crippen LogP contribution >= 0.6 is 22.7 Å². The van der Waals surface area contributed by atoms with Crippen LogP contribution in [0, 0.1) is 0 Å². The van der Waals surface area contributed by atoms with Gasteiger partial charge in [-0.15, -0.1) is 22.7 Å². The van der Waals surface area contributed by atoms with E-state index >= 15 is 0 Å². The molecule has 2 aromatic carbocycles. The number of aromatic carboxylic acids is 1. The van der Waals surface area contributed by atoms with Crippen LogP contribution in [0.3, 0.4) is 0 Å². The van der Waals surface area contributed by atoms with E-state index in [2.05, 4.69) is 15.3 Å². The lowest BCUT2D eigenvalue weighted by Crippen LogP contribution is -2.20. The first-order valence-electron chi connectivity index (χ1n) is 15.2. The first-order chi connectivity index (χ1) is 21.3. The second-order valence-electron chi connectivity index (χ2n) is 15.3. The van der Waals surface area contributed by atoms with Crippen LogP contribution in [0.4, 0.5) is 10.3 Å². The van der Waals surface area contributed by atoms with E-state index in [9.17, 15) is 24.9 Å². The number of hydrogen-bond acceptors (Lipinski definition) is 9. The number of aromatic hydroxyl groups is 2. The van der Waals surface area contributed by atoms with Crippen molar-refractivity contribution in [3.63, 3.8) is 0 Å². The first-order valence-corrected chi connectivity index (χ1v) is 16.9. The lowest BCUT2D eigenvalue weighted by molar-refractivity contribution is 0.0696. The maximum absolute atomic E-state index is 12.6. The molecule has 0 bridgehead atoms. The van der Waals surface area contributed by atoms with E-state index in [1.165, 1.54) is 22.7 Å². The van der Waals surface area contributed by atoms with Crippen molar-refractivity contribution in [1.82, 2.24) is 9.97 Å². The fourth-order valence-corrected chi connectivity index (χ4v) is 5.41. The number of aromatic nitrogens is 2. The van der Waals surface area contributed by atoms with Crippen molar-refractivity contribution in [2.75, 3.05) is 11.1 Å². The molecule has 0 radical (unpaired) electrons. The Bertz CT molecular complexity index is 1580. The summed E-state index contributed by atoms with van der Waals surface area (Å²) in [6, 6.07) is 6.67. The summed E-state index contributed by atoms with van der Waals surface area (Å²) in [6.07, 6.45) is 3.33. The minimum atomic E-state index is -0.967. The number of amides is 1. The molecule has 0 aliphatic rings. The van der Waals surface area contributed by atoms with Gasteiger partial charge in [0.05, 0.1) is 5.56 Å². The third kappa shape index (κ3) is 11.1. The van der Waals surface area contributed by atoms with Gasteiger partial charge in [0.1, 0.15) is 11.5 Å². The number of nitrogens with two attached hydrogens (primary N) is 1. The van der Waals surface area contributed by atoms with Crippen molar-refractivity contribution in [3.8, 4) is 11.5 Å². The lowest BCUT2D eigenvalue weighted by Gasteiger charge is -2.28. The quantitative estimate of drug-likeness (QED) is 0.143. The summed E-state index contributed by atoms with van der Waals surface area (Å²) in [4.78, 5) is 31.5. The molecule has 0 saturated heterocycles. The standard InChI is InChI=1S/C18H24N2O2S.C15H22O3.C3H4N2S/c1-17(2,3)12-9-11(10-13(14(12)21)18(4,5)6)15(22)20-16-19-7-8-23-16;1-14(2,3)10-7-9(13(17)18)8-11(12(10)16)15(4,5)6;4-3-5-1-2-6-3/h7-10,21H,1-6H3,(H,19,20,22);7-8,16H,1-6H3,(H,17,18);1-2H,(H2,4,5). The smallest absolute Gasteiger partial charge is 0.335 e. The fraction of sp³-hybridized carbons (Fsp3) is 0.444. The summed E-state index contributed by atoms with van der Waals surface area (Å²) in [5, 5.41) is 37.9. The van der Waals surface area contributed by atoms with Crippen LogP contribution in [0.25, 0.3) is 0 Å². The Morgan fingerprint density at radius 3 is 1.26 bits per heavy atom. The van der Waals surface area contributed by atoms with Crippen molar-refractivity contribution >= 4 is 44.8 Å². The summed E-state index contributed by atoms with van der Waals surface area (Å²) in [6.45, 7) is 23.9. The van der Waals surface area contributed by atoms with E-state index in [1.807, 2.05) is 93.8 Å². The number of rotatable bonds is 3. The molecule has 4 aromatic rings. The van der Waals surface area contributed by atoms with Crippen molar-refractivity contribution in [2.45, 2.75) is 105 Å². The number of phenolic OH excluding ortho intramolecular Hbond substituents is 2. The number of carboxylic acids is 1. The zero-order valence-corrected chi connectivity index (χ0v) is 31.2. The third-order valence-electron chi connectivity index (χ3n) is 7.07. The van der Waals surface area contributed by atoms with Gasteiger partial charge in [-0.05, 0) is 45.9 Å². The van der Waals surface area contributed by atoms with Crippen molar-refractivity contribution < 1.29 is 24.9 Å². The molecule has 0 unspecified atom stereocenters. The predicted octanol–water partition coefficient (Wildman–Crippen LogP) is 9.11. The number of thiazole rings is 2. The highest BCUT2D eigenvalue weighted by Gasteiger charge is 2.29. The largest absolute Gasteiger partial charge is 0.507 e. The van der Waals surface area contributed by atoms with Gasteiger partial charge < -0.3 is 21.1 Å². The molecule has 11 heteroatoms. The molecule has 0 aliphatic carbocycles. The maximum atomic E-state index is 12.6. The average Bonchev–Trinajstić information content (AvgIpc) is 3.60. The van der Waals surface area contributed by atoms with Crippen molar-refractivity contribution in [2.24, 2.45) is 0 Å². The first kappa shape index (κ1) is 39.2. The van der Waals surface area contributed by atoms with Crippen LogP contribution < -0.4 is 11.1 Å². The van der Waals surface area contributed by atoms with E-state index < -0.39 is 5.97 Å². The van der Waals surface area contributed by atoms with E-state index in [0.717, 1.165) is 11.1 Å². The highest BCUT2D eigenvalue weighted by molar-refractivity contribution is 7.13. The van der Waals surface area contributed by atoms with Gasteiger partial charge >= 0.3 is 5.97 Å². The van der Waals surface area contributed by atoms with Gasteiger partial charge in [0, 0.05) is 51.0 Å². The van der Waals surface area contributed by atoms with E-state index in [1.54, 1.807) is 36.7 Å². The Morgan fingerprint density at radius 1 is 0.638 bits per heavy atom. The molecule has 9 nitrogen and oxygen atoms in total. The van der Waals surface area contributed by atoms with Crippen LogP contribution in [-0.2, 0) is 21.7 Å². The molecule has 4 rings (SSSR count). The highest BCUT2D eigenvalue weighted by atomic mass is 32.1. The number of nitrogens with zero attached hydrogens (tertiary/aromatic N) is 2. The van der Waals surface area contributed by atoms with Crippen LogP contribution in [0.2, 0.25) is 0 Å². The average molecular weight is 683 g/mol. The summed E-state index contributed by atoms with van der Waals surface area (Å²) in [5.41, 5.74) is 7.72. The van der Waals surface area contributed by atoms with Crippen molar-refractivity contribution in [1.29, 1.82) is 0 Å². The number of phenols is 2. The van der Waals surface area contributed by atoms with Gasteiger partial charge in [-0.25, -0.2) is 14.8 Å². The molecular weight excluding hydrogens is 633 g/mol. The number of carbonyl (C=O) groups excluding carboxylic acids is 1. The molecule has 2 heterocycles. The number of anilines is 2. The Hall–Kier alpha value is -3.96. The minimum absolute atomic E-state index is 0.208. The topological polar surface area (TPSA) is 159 Å². The molecule has 0 atom stereocenters. The molecule has 1 amide bonds. The second kappa shape index (κ2) is 14.9. The predicted molar refractivity (Wildman–Crippen MR) is 195 cm³/mol. The zero-order chi connectivity index (χ0) is 36.1. The van der Waals surface area contributed by atoms with Crippen molar-refractivity contribution in [3.05, 3.63) is 80.8 Å². The molecular formula is C36H50N4O5S2. The van der Waals surface area contributed by atoms with E-state index in [-0.39, 0.29) is 44.6 Å².